The van der Waals surface area contributed by atoms with E-state index in [0.29, 0.717) is 10.9 Å². The SMILES string of the molecule is COc1ccc(-n2c(SCC(=O)N3CCCCC3)nc3c(c2=O)SCC3)cc1. The second-order valence-corrected chi connectivity index (χ2v) is 8.89. The van der Waals surface area contributed by atoms with Gasteiger partial charge in [-0.2, -0.15) is 0 Å². The Morgan fingerprint density at radius 2 is 1.96 bits per heavy atom. The normalized spacial score (nSPS) is 16.1. The Bertz CT molecular complexity index is 922. The quantitative estimate of drug-likeness (QED) is 0.551. The van der Waals surface area contributed by atoms with Gasteiger partial charge in [0.05, 0.1) is 29.1 Å². The number of hydrogen-bond donors (Lipinski definition) is 0. The summed E-state index contributed by atoms with van der Waals surface area (Å²) in [5.74, 6) is 2.03. The van der Waals surface area contributed by atoms with E-state index in [1.165, 1.54) is 18.2 Å². The number of amides is 1. The van der Waals surface area contributed by atoms with Crippen LogP contribution in [0.5, 0.6) is 5.75 Å². The average Bonchev–Trinajstić information content (AvgIpc) is 3.22. The van der Waals surface area contributed by atoms with Gasteiger partial charge in [0.15, 0.2) is 5.16 Å². The van der Waals surface area contributed by atoms with Crippen LogP contribution in [0.3, 0.4) is 0 Å². The number of piperidine rings is 1. The molecule has 0 unspecified atom stereocenters. The van der Waals surface area contributed by atoms with Gasteiger partial charge in [-0.25, -0.2) is 4.98 Å². The summed E-state index contributed by atoms with van der Waals surface area (Å²) in [5, 5.41) is 0.585. The molecule has 2 aliphatic rings. The first-order valence-electron chi connectivity index (χ1n) is 9.51. The lowest BCUT2D eigenvalue weighted by atomic mass is 10.1. The highest BCUT2D eigenvalue weighted by atomic mass is 32.2. The summed E-state index contributed by atoms with van der Waals surface area (Å²) in [6.45, 7) is 1.66. The van der Waals surface area contributed by atoms with Crippen molar-refractivity contribution in [3.05, 3.63) is 40.3 Å². The second-order valence-electron chi connectivity index (χ2n) is 6.84. The van der Waals surface area contributed by atoms with Crippen LogP contribution in [0.15, 0.2) is 39.1 Å². The van der Waals surface area contributed by atoms with E-state index in [1.807, 2.05) is 29.2 Å². The van der Waals surface area contributed by atoms with Gasteiger partial charge in [-0.3, -0.25) is 14.2 Å². The Labute approximate surface area is 172 Å². The van der Waals surface area contributed by atoms with Crippen molar-refractivity contribution < 1.29 is 9.53 Å². The zero-order chi connectivity index (χ0) is 19.5. The summed E-state index contributed by atoms with van der Waals surface area (Å²) in [5.41, 5.74) is 1.54. The molecule has 1 saturated heterocycles. The molecule has 4 rings (SSSR count). The molecule has 2 aromatic rings. The minimum Gasteiger partial charge on any atom is -0.497 e. The van der Waals surface area contributed by atoms with Crippen molar-refractivity contribution in [2.45, 2.75) is 35.7 Å². The second kappa shape index (κ2) is 8.61. The number of rotatable bonds is 5. The number of methoxy groups -OCH3 is 1. The van der Waals surface area contributed by atoms with Crippen molar-refractivity contribution in [3.63, 3.8) is 0 Å². The molecular formula is C20H23N3O3S2. The number of nitrogens with zero attached hydrogens (tertiary/aromatic N) is 3. The monoisotopic (exact) mass is 417 g/mol. The van der Waals surface area contributed by atoms with E-state index in [1.54, 1.807) is 23.4 Å². The van der Waals surface area contributed by atoms with Crippen LogP contribution < -0.4 is 10.3 Å². The molecule has 0 spiro atoms. The number of fused-ring (bicyclic) bond motifs is 1. The zero-order valence-corrected chi connectivity index (χ0v) is 17.5. The molecule has 1 aromatic heterocycles. The molecule has 0 saturated carbocycles. The van der Waals surface area contributed by atoms with Gasteiger partial charge in [-0.15, -0.1) is 11.8 Å². The Balaban J connectivity index is 1.64. The van der Waals surface area contributed by atoms with Crippen LogP contribution in [0.2, 0.25) is 0 Å². The van der Waals surface area contributed by atoms with Crippen molar-refractivity contribution in [2.24, 2.45) is 0 Å². The van der Waals surface area contributed by atoms with Crippen molar-refractivity contribution in [1.29, 1.82) is 0 Å². The van der Waals surface area contributed by atoms with Crippen molar-refractivity contribution in [3.8, 4) is 11.4 Å². The van der Waals surface area contributed by atoms with Crippen LogP contribution in [0.1, 0.15) is 25.0 Å². The smallest absolute Gasteiger partial charge is 0.272 e. The molecule has 2 aliphatic heterocycles. The molecule has 0 N–H and O–H groups in total. The Hall–Kier alpha value is -1.93. The molecule has 0 aliphatic carbocycles. The maximum absolute atomic E-state index is 13.1. The van der Waals surface area contributed by atoms with Gasteiger partial charge in [0.2, 0.25) is 5.91 Å². The number of aromatic nitrogens is 2. The maximum atomic E-state index is 13.1. The van der Waals surface area contributed by atoms with Gasteiger partial charge in [-0.05, 0) is 43.5 Å². The topological polar surface area (TPSA) is 64.4 Å². The van der Waals surface area contributed by atoms with Gasteiger partial charge in [0.1, 0.15) is 5.75 Å². The fraction of sp³-hybridized carbons (Fsp3) is 0.450. The summed E-state index contributed by atoms with van der Waals surface area (Å²) in [6, 6.07) is 7.36. The van der Waals surface area contributed by atoms with Crippen molar-refractivity contribution in [2.75, 3.05) is 31.7 Å². The Morgan fingerprint density at radius 3 is 2.68 bits per heavy atom. The minimum atomic E-state index is -0.0504. The van der Waals surface area contributed by atoms with Crippen molar-refractivity contribution >= 4 is 29.4 Å². The summed E-state index contributed by atoms with van der Waals surface area (Å²) >= 11 is 2.92. The van der Waals surface area contributed by atoms with E-state index in [-0.39, 0.29) is 11.5 Å². The van der Waals surface area contributed by atoms with E-state index < -0.39 is 0 Å². The highest BCUT2D eigenvalue weighted by molar-refractivity contribution is 8.00. The number of likely N-dealkylation sites (tertiary alicyclic amines) is 1. The number of carbonyl (C=O) groups is 1. The first-order valence-corrected chi connectivity index (χ1v) is 11.5. The van der Waals surface area contributed by atoms with Gasteiger partial charge in [0.25, 0.3) is 5.56 Å². The lowest BCUT2D eigenvalue weighted by Crippen LogP contribution is -2.37. The largest absolute Gasteiger partial charge is 0.497 e. The molecule has 28 heavy (non-hydrogen) atoms. The van der Waals surface area contributed by atoms with E-state index in [0.717, 1.165) is 60.1 Å². The maximum Gasteiger partial charge on any atom is 0.272 e. The average molecular weight is 418 g/mol. The summed E-state index contributed by atoms with van der Waals surface area (Å²) in [4.78, 5) is 33.1. The fourth-order valence-corrected chi connectivity index (χ4v) is 5.46. The first-order chi connectivity index (χ1) is 13.7. The lowest BCUT2D eigenvalue weighted by molar-refractivity contribution is -0.129. The Kier molecular flexibility index (Phi) is 5.96. The molecular weight excluding hydrogens is 394 g/mol. The summed E-state index contributed by atoms with van der Waals surface area (Å²) < 4.78 is 6.85. The third-order valence-electron chi connectivity index (χ3n) is 5.03. The number of ether oxygens (including phenoxy) is 1. The van der Waals surface area contributed by atoms with Crippen LogP contribution >= 0.6 is 23.5 Å². The van der Waals surface area contributed by atoms with Crippen LogP contribution in [0, 0.1) is 0 Å². The lowest BCUT2D eigenvalue weighted by Gasteiger charge is -2.26. The molecule has 1 aromatic carbocycles. The van der Waals surface area contributed by atoms with E-state index in [9.17, 15) is 9.59 Å². The molecule has 0 atom stereocenters. The molecule has 8 heteroatoms. The summed E-state index contributed by atoms with van der Waals surface area (Å²) in [7, 11) is 1.61. The molecule has 0 radical (unpaired) electrons. The third-order valence-corrected chi connectivity index (χ3v) is 7.06. The van der Waals surface area contributed by atoms with Gasteiger partial charge < -0.3 is 9.64 Å². The number of hydrogen-bond acceptors (Lipinski definition) is 6. The van der Waals surface area contributed by atoms with E-state index >= 15 is 0 Å². The van der Waals surface area contributed by atoms with E-state index in [4.69, 9.17) is 9.72 Å². The molecule has 1 fully saturated rings. The standard InChI is InChI=1S/C20H23N3O3S2/c1-26-15-7-5-14(6-8-15)23-19(25)18-16(9-12-27-18)21-20(23)28-13-17(24)22-10-3-2-4-11-22/h5-8H,2-4,9-13H2,1H3. The van der Waals surface area contributed by atoms with Crippen LogP contribution in [-0.2, 0) is 11.2 Å². The number of carbonyl (C=O) groups excluding carboxylic acids is 1. The first kappa shape index (κ1) is 19.4. The Morgan fingerprint density at radius 1 is 1.21 bits per heavy atom. The third kappa shape index (κ3) is 3.93. The molecule has 6 nitrogen and oxygen atoms in total. The number of benzene rings is 1. The van der Waals surface area contributed by atoms with Crippen LogP contribution in [0.25, 0.3) is 5.69 Å². The fourth-order valence-electron chi connectivity index (χ4n) is 3.51. The van der Waals surface area contributed by atoms with Gasteiger partial charge in [0, 0.05) is 25.3 Å². The number of thioether (sulfide) groups is 2. The highest BCUT2D eigenvalue weighted by Crippen LogP contribution is 2.30. The molecule has 1 amide bonds. The summed E-state index contributed by atoms with van der Waals surface area (Å²) in [6.07, 6.45) is 4.13. The predicted molar refractivity (Wildman–Crippen MR) is 112 cm³/mol. The van der Waals surface area contributed by atoms with Crippen molar-refractivity contribution in [1.82, 2.24) is 14.5 Å². The zero-order valence-electron chi connectivity index (χ0n) is 15.8. The van der Waals surface area contributed by atoms with E-state index in [2.05, 4.69) is 0 Å². The van der Waals surface area contributed by atoms with Crippen LogP contribution in [-0.4, -0.2) is 52.1 Å². The molecule has 148 valence electrons. The van der Waals surface area contributed by atoms with Crippen LogP contribution in [0.4, 0.5) is 0 Å². The minimum absolute atomic E-state index is 0.0504. The molecule has 3 heterocycles. The highest BCUT2D eigenvalue weighted by Gasteiger charge is 2.24. The van der Waals surface area contributed by atoms with Gasteiger partial charge >= 0.3 is 0 Å². The predicted octanol–water partition coefficient (Wildman–Crippen LogP) is 2.99. The van der Waals surface area contributed by atoms with Gasteiger partial charge in [-0.1, -0.05) is 11.8 Å². The number of aryl methyl sites for hydroxylation is 1. The molecule has 0 bridgehead atoms.